The third kappa shape index (κ3) is 4.73. The molecular formula is C20H24N2O3. The Morgan fingerprint density at radius 1 is 1.12 bits per heavy atom. The van der Waals surface area contributed by atoms with Crippen LogP contribution in [0.5, 0.6) is 11.5 Å². The largest absolute Gasteiger partial charge is 0.485 e. The van der Waals surface area contributed by atoms with Crippen molar-refractivity contribution in [1.82, 2.24) is 10.2 Å². The van der Waals surface area contributed by atoms with E-state index in [1.54, 1.807) is 0 Å². The zero-order valence-corrected chi connectivity index (χ0v) is 14.7. The number of amides is 1. The van der Waals surface area contributed by atoms with Gasteiger partial charge in [0.15, 0.2) is 11.5 Å². The van der Waals surface area contributed by atoms with Crippen molar-refractivity contribution in [1.29, 1.82) is 0 Å². The minimum Gasteiger partial charge on any atom is -0.485 e. The maximum atomic E-state index is 12.3. The van der Waals surface area contributed by atoms with E-state index in [1.165, 1.54) is 11.1 Å². The van der Waals surface area contributed by atoms with Crippen molar-refractivity contribution in [2.24, 2.45) is 0 Å². The molecule has 1 atom stereocenters. The molecule has 0 aromatic heterocycles. The van der Waals surface area contributed by atoms with E-state index in [1.807, 2.05) is 24.3 Å². The number of carbonyl (C=O) groups is 1. The van der Waals surface area contributed by atoms with Crippen LogP contribution in [-0.4, -0.2) is 44.2 Å². The molecule has 2 aromatic rings. The van der Waals surface area contributed by atoms with E-state index < -0.39 is 6.10 Å². The van der Waals surface area contributed by atoms with Crippen LogP contribution in [0.3, 0.4) is 0 Å². The number of hydrogen-bond donors (Lipinski definition) is 1. The molecule has 25 heavy (non-hydrogen) atoms. The highest BCUT2D eigenvalue weighted by Crippen LogP contribution is 2.30. The molecule has 2 aromatic carbocycles. The summed E-state index contributed by atoms with van der Waals surface area (Å²) in [6.45, 7) is 1.72. The second-order valence-corrected chi connectivity index (χ2v) is 6.46. The van der Waals surface area contributed by atoms with Gasteiger partial charge in [0.05, 0.1) is 0 Å². The molecule has 0 unspecified atom stereocenters. The van der Waals surface area contributed by atoms with E-state index in [-0.39, 0.29) is 12.5 Å². The Labute approximate surface area is 148 Å². The highest BCUT2D eigenvalue weighted by atomic mass is 16.6. The quantitative estimate of drug-likeness (QED) is 0.876. The third-order valence-corrected chi connectivity index (χ3v) is 4.00. The van der Waals surface area contributed by atoms with Gasteiger partial charge < -0.3 is 19.7 Å². The van der Waals surface area contributed by atoms with Gasteiger partial charge in [-0.1, -0.05) is 36.4 Å². The third-order valence-electron chi connectivity index (χ3n) is 4.00. The lowest BCUT2D eigenvalue weighted by atomic mass is 10.1. The van der Waals surface area contributed by atoms with Gasteiger partial charge in [-0.2, -0.15) is 0 Å². The SMILES string of the molecule is CN(C)Cc1cccc(CCNC(=O)[C@@H]2COc3ccccc3O2)c1. The Morgan fingerprint density at radius 3 is 2.68 bits per heavy atom. The fourth-order valence-corrected chi connectivity index (χ4v) is 2.84. The van der Waals surface area contributed by atoms with E-state index in [0.29, 0.717) is 18.0 Å². The van der Waals surface area contributed by atoms with E-state index in [2.05, 4.69) is 48.6 Å². The number of hydrogen-bond acceptors (Lipinski definition) is 4. The summed E-state index contributed by atoms with van der Waals surface area (Å²) >= 11 is 0. The molecule has 0 saturated carbocycles. The summed E-state index contributed by atoms with van der Waals surface area (Å²) in [5, 5.41) is 2.94. The van der Waals surface area contributed by atoms with Crippen LogP contribution in [0, 0.1) is 0 Å². The van der Waals surface area contributed by atoms with Crippen LogP contribution in [0.2, 0.25) is 0 Å². The predicted molar refractivity (Wildman–Crippen MR) is 96.9 cm³/mol. The van der Waals surface area contributed by atoms with Crippen LogP contribution in [0.25, 0.3) is 0 Å². The van der Waals surface area contributed by atoms with Crippen molar-refractivity contribution in [3.05, 3.63) is 59.7 Å². The molecule has 0 aliphatic carbocycles. The van der Waals surface area contributed by atoms with Crippen molar-refractivity contribution >= 4 is 5.91 Å². The van der Waals surface area contributed by atoms with Crippen molar-refractivity contribution in [3.63, 3.8) is 0 Å². The van der Waals surface area contributed by atoms with E-state index >= 15 is 0 Å². The zero-order valence-electron chi connectivity index (χ0n) is 14.7. The van der Waals surface area contributed by atoms with Crippen molar-refractivity contribution < 1.29 is 14.3 Å². The first-order chi connectivity index (χ1) is 12.1. The Hall–Kier alpha value is -2.53. The number of carbonyl (C=O) groups excluding carboxylic acids is 1. The van der Waals surface area contributed by atoms with Crippen molar-refractivity contribution in [2.75, 3.05) is 27.2 Å². The predicted octanol–water partition coefficient (Wildman–Crippen LogP) is 2.25. The number of nitrogens with one attached hydrogen (secondary N) is 1. The van der Waals surface area contributed by atoms with E-state index in [9.17, 15) is 4.79 Å². The fourth-order valence-electron chi connectivity index (χ4n) is 2.84. The highest BCUT2D eigenvalue weighted by molar-refractivity contribution is 5.81. The smallest absolute Gasteiger partial charge is 0.264 e. The van der Waals surface area contributed by atoms with E-state index in [4.69, 9.17) is 9.47 Å². The molecule has 1 N–H and O–H groups in total. The minimum atomic E-state index is -0.602. The standard InChI is InChI=1S/C20H24N2O3/c1-22(2)13-16-7-5-6-15(12-16)10-11-21-20(23)19-14-24-17-8-3-4-9-18(17)25-19/h3-9,12,19H,10-11,13-14H2,1-2H3,(H,21,23)/t19-/m0/s1. The van der Waals surface area contributed by atoms with Crippen LogP contribution in [0.15, 0.2) is 48.5 Å². The molecular weight excluding hydrogens is 316 g/mol. The Bertz CT molecular complexity index is 730. The first-order valence-electron chi connectivity index (χ1n) is 8.50. The number of fused-ring (bicyclic) bond motifs is 1. The van der Waals surface area contributed by atoms with Gasteiger partial charge in [-0.3, -0.25) is 4.79 Å². The first-order valence-corrected chi connectivity index (χ1v) is 8.50. The number of nitrogens with zero attached hydrogens (tertiary/aromatic N) is 1. The molecule has 5 nitrogen and oxygen atoms in total. The van der Waals surface area contributed by atoms with Gasteiger partial charge in [-0.15, -0.1) is 0 Å². The molecule has 0 fully saturated rings. The maximum Gasteiger partial charge on any atom is 0.264 e. The number of rotatable bonds is 6. The molecule has 3 rings (SSSR count). The molecule has 0 saturated heterocycles. The van der Waals surface area contributed by atoms with Gasteiger partial charge in [0.1, 0.15) is 6.61 Å². The molecule has 0 bridgehead atoms. The van der Waals surface area contributed by atoms with Gasteiger partial charge in [0.25, 0.3) is 5.91 Å². The van der Waals surface area contributed by atoms with Crippen molar-refractivity contribution in [2.45, 2.75) is 19.1 Å². The molecule has 1 amide bonds. The summed E-state index contributed by atoms with van der Waals surface area (Å²) in [7, 11) is 4.11. The molecule has 1 heterocycles. The van der Waals surface area contributed by atoms with E-state index in [0.717, 1.165) is 13.0 Å². The molecule has 5 heteroatoms. The molecule has 1 aliphatic rings. The zero-order chi connectivity index (χ0) is 17.6. The number of ether oxygens (including phenoxy) is 2. The Balaban J connectivity index is 1.49. The lowest BCUT2D eigenvalue weighted by Crippen LogP contribution is -2.44. The summed E-state index contributed by atoms with van der Waals surface area (Å²) < 4.78 is 11.3. The summed E-state index contributed by atoms with van der Waals surface area (Å²) in [4.78, 5) is 14.4. The molecule has 132 valence electrons. The maximum absolute atomic E-state index is 12.3. The summed E-state index contributed by atoms with van der Waals surface area (Å²) in [5.74, 6) is 1.16. The number of benzene rings is 2. The van der Waals surface area contributed by atoms with Crippen LogP contribution >= 0.6 is 0 Å². The van der Waals surface area contributed by atoms with Gasteiger partial charge in [0, 0.05) is 13.1 Å². The average Bonchev–Trinajstić information content (AvgIpc) is 2.61. The lowest BCUT2D eigenvalue weighted by Gasteiger charge is -2.25. The van der Waals surface area contributed by atoms with Crippen LogP contribution < -0.4 is 14.8 Å². The van der Waals surface area contributed by atoms with Gasteiger partial charge in [0.2, 0.25) is 6.10 Å². The van der Waals surface area contributed by atoms with Crippen molar-refractivity contribution in [3.8, 4) is 11.5 Å². The first kappa shape index (κ1) is 17.3. The minimum absolute atomic E-state index is 0.140. The molecule has 0 radical (unpaired) electrons. The molecule has 0 spiro atoms. The number of para-hydroxylation sites is 2. The lowest BCUT2D eigenvalue weighted by molar-refractivity contribution is -0.130. The van der Waals surface area contributed by atoms with Gasteiger partial charge in [-0.25, -0.2) is 0 Å². The van der Waals surface area contributed by atoms with Crippen LogP contribution in [0.4, 0.5) is 0 Å². The second-order valence-electron chi connectivity index (χ2n) is 6.46. The normalized spacial score (nSPS) is 15.9. The summed E-state index contributed by atoms with van der Waals surface area (Å²) in [6, 6.07) is 15.8. The molecule has 1 aliphatic heterocycles. The summed E-state index contributed by atoms with van der Waals surface area (Å²) in [6.07, 6.45) is 0.187. The Kier molecular flexibility index (Phi) is 5.56. The second kappa shape index (κ2) is 8.03. The Morgan fingerprint density at radius 2 is 1.88 bits per heavy atom. The van der Waals surface area contributed by atoms with Gasteiger partial charge >= 0.3 is 0 Å². The summed E-state index contributed by atoms with van der Waals surface area (Å²) in [5.41, 5.74) is 2.49. The fraction of sp³-hybridized carbons (Fsp3) is 0.350. The average molecular weight is 340 g/mol. The van der Waals surface area contributed by atoms with Crippen LogP contribution in [-0.2, 0) is 17.8 Å². The van der Waals surface area contributed by atoms with Crippen LogP contribution in [0.1, 0.15) is 11.1 Å². The monoisotopic (exact) mass is 340 g/mol. The van der Waals surface area contributed by atoms with Gasteiger partial charge in [-0.05, 0) is 43.8 Å². The highest BCUT2D eigenvalue weighted by Gasteiger charge is 2.26. The topological polar surface area (TPSA) is 50.8 Å².